The van der Waals surface area contributed by atoms with E-state index in [1.165, 1.54) is 12.1 Å². The number of hydrogen-bond donors (Lipinski definition) is 1. The lowest BCUT2D eigenvalue weighted by atomic mass is 10.3. The second-order valence-corrected chi connectivity index (χ2v) is 4.16. The molecular weight excluding hydrogens is 205 g/mol. The van der Waals surface area contributed by atoms with Crippen LogP contribution in [0.5, 0.6) is 0 Å². The first-order valence-electron chi connectivity index (χ1n) is 5.50. The number of benzene rings is 1. The Kier molecular flexibility index (Phi) is 2.92. The van der Waals surface area contributed by atoms with Crippen molar-refractivity contribution in [3.8, 4) is 0 Å². The molecule has 1 aromatic carbocycles. The molecule has 0 unspecified atom stereocenters. The zero-order chi connectivity index (χ0) is 11.7. The van der Waals surface area contributed by atoms with Crippen LogP contribution in [0.2, 0.25) is 0 Å². The van der Waals surface area contributed by atoms with Gasteiger partial charge in [0.1, 0.15) is 11.6 Å². The van der Waals surface area contributed by atoms with Crippen molar-refractivity contribution in [2.75, 3.05) is 6.54 Å². The molecule has 0 radical (unpaired) electrons. The fourth-order valence-electron chi connectivity index (χ4n) is 2.00. The Morgan fingerprint density at radius 2 is 2.19 bits per heavy atom. The monoisotopic (exact) mass is 221 g/mol. The van der Waals surface area contributed by atoms with Gasteiger partial charge in [-0.25, -0.2) is 9.37 Å². The number of aromatic nitrogens is 2. The van der Waals surface area contributed by atoms with E-state index >= 15 is 0 Å². The van der Waals surface area contributed by atoms with Crippen molar-refractivity contribution < 1.29 is 4.39 Å². The molecular formula is C12H16FN3. The molecule has 2 rings (SSSR count). The zero-order valence-corrected chi connectivity index (χ0v) is 9.57. The zero-order valence-electron chi connectivity index (χ0n) is 9.57. The Hall–Kier alpha value is -1.42. The first-order chi connectivity index (χ1) is 7.63. The first-order valence-corrected chi connectivity index (χ1v) is 5.50. The molecule has 16 heavy (non-hydrogen) atoms. The number of imidazole rings is 1. The van der Waals surface area contributed by atoms with E-state index in [-0.39, 0.29) is 5.82 Å². The van der Waals surface area contributed by atoms with E-state index in [4.69, 9.17) is 5.73 Å². The van der Waals surface area contributed by atoms with Crippen molar-refractivity contribution in [1.29, 1.82) is 0 Å². The lowest BCUT2D eigenvalue weighted by Gasteiger charge is -2.12. The minimum absolute atomic E-state index is 0.250. The van der Waals surface area contributed by atoms with Crippen LogP contribution in [-0.2, 0) is 6.42 Å². The van der Waals surface area contributed by atoms with Gasteiger partial charge in [0, 0.05) is 18.5 Å². The molecule has 0 fully saturated rings. The third-order valence-electron chi connectivity index (χ3n) is 2.61. The summed E-state index contributed by atoms with van der Waals surface area (Å²) in [7, 11) is 0. The quantitative estimate of drug-likeness (QED) is 0.864. The van der Waals surface area contributed by atoms with Crippen molar-refractivity contribution in [3.63, 3.8) is 0 Å². The van der Waals surface area contributed by atoms with Crippen LogP contribution in [0.3, 0.4) is 0 Å². The van der Waals surface area contributed by atoms with E-state index < -0.39 is 0 Å². The number of nitrogens with zero attached hydrogens (tertiary/aromatic N) is 2. The summed E-state index contributed by atoms with van der Waals surface area (Å²) in [5, 5.41) is 0. The lowest BCUT2D eigenvalue weighted by molar-refractivity contribution is 0.583. The topological polar surface area (TPSA) is 43.8 Å². The normalized spacial score (nSPS) is 11.6. The molecule has 3 nitrogen and oxygen atoms in total. The Morgan fingerprint density at radius 1 is 1.44 bits per heavy atom. The molecule has 2 N–H and O–H groups in total. The Balaban J connectivity index is 2.65. The number of rotatable bonds is 3. The molecule has 2 aromatic rings. The third-order valence-corrected chi connectivity index (χ3v) is 2.61. The molecule has 1 aromatic heterocycles. The molecule has 1 heterocycles. The molecule has 0 saturated heterocycles. The van der Waals surface area contributed by atoms with Gasteiger partial charge in [-0.05, 0) is 32.5 Å². The Labute approximate surface area is 94.1 Å². The summed E-state index contributed by atoms with van der Waals surface area (Å²) in [5.74, 6) is 0.679. The van der Waals surface area contributed by atoms with Crippen molar-refractivity contribution in [1.82, 2.24) is 9.55 Å². The van der Waals surface area contributed by atoms with E-state index in [9.17, 15) is 4.39 Å². The van der Waals surface area contributed by atoms with Crippen LogP contribution in [0.4, 0.5) is 4.39 Å². The molecule has 0 saturated carbocycles. The molecule has 0 spiro atoms. The largest absolute Gasteiger partial charge is 0.330 e. The van der Waals surface area contributed by atoms with Crippen molar-refractivity contribution in [2.45, 2.75) is 26.3 Å². The van der Waals surface area contributed by atoms with Crippen molar-refractivity contribution >= 4 is 11.0 Å². The van der Waals surface area contributed by atoms with Crippen molar-refractivity contribution in [2.24, 2.45) is 5.73 Å². The van der Waals surface area contributed by atoms with Gasteiger partial charge in [-0.2, -0.15) is 0 Å². The highest BCUT2D eigenvalue weighted by atomic mass is 19.1. The van der Waals surface area contributed by atoms with Crippen LogP contribution in [0.25, 0.3) is 11.0 Å². The van der Waals surface area contributed by atoms with Crippen molar-refractivity contribution in [3.05, 3.63) is 29.8 Å². The molecule has 4 heteroatoms. The summed E-state index contributed by atoms with van der Waals surface area (Å²) in [6.45, 7) is 4.73. The smallest absolute Gasteiger partial charge is 0.125 e. The predicted molar refractivity (Wildman–Crippen MR) is 62.8 cm³/mol. The van der Waals surface area contributed by atoms with Gasteiger partial charge < -0.3 is 10.3 Å². The van der Waals surface area contributed by atoms with Crippen LogP contribution >= 0.6 is 0 Å². The van der Waals surface area contributed by atoms with Gasteiger partial charge in [-0.3, -0.25) is 0 Å². The van der Waals surface area contributed by atoms with Gasteiger partial charge in [-0.1, -0.05) is 0 Å². The molecule has 0 aliphatic carbocycles. The van der Waals surface area contributed by atoms with Crippen LogP contribution in [0.15, 0.2) is 18.2 Å². The van der Waals surface area contributed by atoms with Gasteiger partial charge in [-0.15, -0.1) is 0 Å². The minimum atomic E-state index is -0.250. The minimum Gasteiger partial charge on any atom is -0.330 e. The highest BCUT2D eigenvalue weighted by Crippen LogP contribution is 2.21. The third kappa shape index (κ3) is 1.80. The molecule has 0 amide bonds. The Morgan fingerprint density at radius 3 is 2.81 bits per heavy atom. The highest BCUT2D eigenvalue weighted by Gasteiger charge is 2.12. The van der Waals surface area contributed by atoms with Gasteiger partial charge in [0.25, 0.3) is 0 Å². The van der Waals surface area contributed by atoms with Crippen LogP contribution in [-0.4, -0.2) is 16.1 Å². The average molecular weight is 221 g/mol. The maximum atomic E-state index is 13.1. The molecule has 0 bridgehead atoms. The number of halogens is 1. The van der Waals surface area contributed by atoms with E-state index in [1.807, 2.05) is 0 Å². The van der Waals surface area contributed by atoms with Gasteiger partial charge >= 0.3 is 0 Å². The molecule has 0 aliphatic heterocycles. The second kappa shape index (κ2) is 4.22. The fraction of sp³-hybridized carbons (Fsp3) is 0.417. The molecule has 86 valence electrons. The van der Waals surface area contributed by atoms with Gasteiger partial charge in [0.15, 0.2) is 0 Å². The van der Waals surface area contributed by atoms with E-state index in [0.29, 0.717) is 24.5 Å². The summed E-state index contributed by atoms with van der Waals surface area (Å²) < 4.78 is 15.2. The average Bonchev–Trinajstić information content (AvgIpc) is 2.55. The summed E-state index contributed by atoms with van der Waals surface area (Å²) in [5.41, 5.74) is 7.23. The van der Waals surface area contributed by atoms with Gasteiger partial charge in [0.05, 0.1) is 11.0 Å². The summed E-state index contributed by atoms with van der Waals surface area (Å²) >= 11 is 0. The Bertz CT molecular complexity index is 502. The maximum absolute atomic E-state index is 13.1. The first kappa shape index (κ1) is 11.1. The lowest BCUT2D eigenvalue weighted by Crippen LogP contribution is -2.11. The van der Waals surface area contributed by atoms with E-state index in [1.54, 1.807) is 6.07 Å². The summed E-state index contributed by atoms with van der Waals surface area (Å²) in [4.78, 5) is 4.43. The standard InChI is InChI=1S/C12H16FN3/c1-8(2)16-11-4-3-9(13)7-10(11)15-12(16)5-6-14/h3-4,7-8H,5-6,14H2,1-2H3. The number of hydrogen-bond acceptors (Lipinski definition) is 2. The highest BCUT2D eigenvalue weighted by molar-refractivity contribution is 5.76. The number of nitrogens with two attached hydrogens (primary N) is 1. The SMILES string of the molecule is CC(C)n1c(CCN)nc2cc(F)ccc21. The maximum Gasteiger partial charge on any atom is 0.125 e. The van der Waals surface area contributed by atoms with Crippen LogP contribution in [0.1, 0.15) is 25.7 Å². The molecule has 0 atom stereocenters. The van der Waals surface area contributed by atoms with E-state index in [0.717, 1.165) is 11.3 Å². The predicted octanol–water partition coefficient (Wildman–Crippen LogP) is 2.26. The number of fused-ring (bicyclic) bond motifs is 1. The van der Waals surface area contributed by atoms with E-state index in [2.05, 4.69) is 23.4 Å². The second-order valence-electron chi connectivity index (χ2n) is 4.16. The summed E-state index contributed by atoms with van der Waals surface area (Å²) in [6, 6.07) is 5.01. The molecule has 0 aliphatic rings. The summed E-state index contributed by atoms with van der Waals surface area (Å²) in [6.07, 6.45) is 0.717. The van der Waals surface area contributed by atoms with Crippen LogP contribution < -0.4 is 5.73 Å². The van der Waals surface area contributed by atoms with Crippen LogP contribution in [0, 0.1) is 5.82 Å². The fourth-order valence-corrected chi connectivity index (χ4v) is 2.00. The van der Waals surface area contributed by atoms with Gasteiger partial charge in [0.2, 0.25) is 0 Å².